The van der Waals surface area contributed by atoms with Crippen LogP contribution in [-0.2, 0) is 14.4 Å². The molecule has 9 heteroatoms. The van der Waals surface area contributed by atoms with Crippen LogP contribution in [0.4, 0.5) is 5.69 Å². The number of nitrogens with zero attached hydrogens (tertiary/aromatic N) is 3. The molecular formula is C22H21Cl2N3O3S. The normalized spacial score (nSPS) is 32.6. The van der Waals surface area contributed by atoms with E-state index in [4.69, 9.17) is 23.2 Å². The molecule has 5 atom stereocenters. The first-order chi connectivity index (χ1) is 14.9. The second-order valence-corrected chi connectivity index (χ2v) is 10.2. The van der Waals surface area contributed by atoms with Crippen molar-refractivity contribution in [1.29, 1.82) is 0 Å². The highest BCUT2D eigenvalue weighted by Crippen LogP contribution is 2.52. The van der Waals surface area contributed by atoms with Gasteiger partial charge in [-0.3, -0.25) is 24.2 Å². The van der Waals surface area contributed by atoms with E-state index in [-0.39, 0.29) is 54.0 Å². The van der Waals surface area contributed by atoms with Gasteiger partial charge in [0.2, 0.25) is 17.7 Å². The van der Waals surface area contributed by atoms with Crippen molar-refractivity contribution in [1.82, 2.24) is 9.80 Å². The van der Waals surface area contributed by atoms with Crippen LogP contribution in [0.3, 0.4) is 0 Å². The number of likely N-dealkylation sites (tertiary alicyclic amines) is 1. The number of amides is 3. The second kappa shape index (κ2) is 7.94. The molecule has 2 aliphatic heterocycles. The van der Waals surface area contributed by atoms with Crippen LogP contribution in [0.1, 0.15) is 19.8 Å². The minimum atomic E-state index is -0.297. The van der Waals surface area contributed by atoms with Gasteiger partial charge in [-0.1, -0.05) is 54.0 Å². The lowest BCUT2D eigenvalue weighted by Gasteiger charge is -2.25. The van der Waals surface area contributed by atoms with Crippen molar-refractivity contribution in [2.75, 3.05) is 12.3 Å². The predicted octanol–water partition coefficient (Wildman–Crippen LogP) is 4.14. The van der Waals surface area contributed by atoms with Crippen molar-refractivity contribution in [3.63, 3.8) is 0 Å². The summed E-state index contributed by atoms with van der Waals surface area (Å²) in [5.41, 5.74) is 0.594. The number of carbonyl (C=O) groups is 3. The number of hydrogen-bond acceptors (Lipinski definition) is 5. The Kier molecular flexibility index (Phi) is 5.39. The monoisotopic (exact) mass is 477 g/mol. The van der Waals surface area contributed by atoms with Gasteiger partial charge in [0, 0.05) is 11.8 Å². The molecule has 0 radical (unpaired) electrons. The third-order valence-corrected chi connectivity index (χ3v) is 8.54. The number of hydrogen-bond donors (Lipinski definition) is 0. The highest BCUT2D eigenvalue weighted by atomic mass is 35.5. The summed E-state index contributed by atoms with van der Waals surface area (Å²) in [6, 6.07) is 5.01. The molecule has 1 aromatic rings. The van der Waals surface area contributed by atoms with Crippen molar-refractivity contribution in [2.24, 2.45) is 28.7 Å². The van der Waals surface area contributed by atoms with E-state index in [1.165, 1.54) is 16.7 Å². The Bertz CT molecular complexity index is 1010. The molecule has 0 N–H and O–H groups in total. The van der Waals surface area contributed by atoms with Crippen molar-refractivity contribution >= 4 is 63.5 Å². The summed E-state index contributed by atoms with van der Waals surface area (Å²) < 4.78 is 0. The lowest BCUT2D eigenvalue weighted by atomic mass is 9.85. The van der Waals surface area contributed by atoms with Crippen molar-refractivity contribution < 1.29 is 14.4 Å². The fourth-order valence-corrected chi connectivity index (χ4v) is 6.74. The molecule has 162 valence electrons. The van der Waals surface area contributed by atoms with E-state index in [1.54, 1.807) is 23.1 Å². The first kappa shape index (κ1) is 21.0. The average Bonchev–Trinajstić information content (AvgIpc) is 3.51. The van der Waals surface area contributed by atoms with Crippen LogP contribution in [0, 0.1) is 23.7 Å². The van der Waals surface area contributed by atoms with Crippen LogP contribution in [-0.4, -0.2) is 51.0 Å². The quantitative estimate of drug-likeness (QED) is 0.482. The minimum absolute atomic E-state index is 0.0378. The maximum absolute atomic E-state index is 13.3. The van der Waals surface area contributed by atoms with Gasteiger partial charge in [0.25, 0.3) is 0 Å². The number of benzene rings is 1. The Morgan fingerprint density at radius 2 is 1.81 bits per heavy atom. The van der Waals surface area contributed by atoms with Gasteiger partial charge < -0.3 is 0 Å². The topological polar surface area (TPSA) is 70.1 Å². The maximum Gasteiger partial charge on any atom is 0.249 e. The minimum Gasteiger partial charge on any atom is -0.286 e. The fraction of sp³-hybridized carbons (Fsp3) is 0.455. The summed E-state index contributed by atoms with van der Waals surface area (Å²) in [5.74, 6) is -0.315. The summed E-state index contributed by atoms with van der Waals surface area (Å²) in [5, 5.41) is 1.37. The first-order valence-electron chi connectivity index (χ1n) is 10.4. The van der Waals surface area contributed by atoms with Gasteiger partial charge in [-0.25, -0.2) is 4.99 Å². The van der Waals surface area contributed by atoms with Crippen LogP contribution in [0.15, 0.2) is 35.3 Å². The van der Waals surface area contributed by atoms with Crippen molar-refractivity contribution in [2.45, 2.75) is 25.8 Å². The van der Waals surface area contributed by atoms with Gasteiger partial charge in [0.15, 0.2) is 5.17 Å². The number of halogens is 2. The van der Waals surface area contributed by atoms with Crippen LogP contribution < -0.4 is 0 Å². The van der Waals surface area contributed by atoms with Gasteiger partial charge in [0.1, 0.15) is 6.54 Å². The predicted molar refractivity (Wildman–Crippen MR) is 121 cm³/mol. The Balaban J connectivity index is 1.38. The SMILES string of the molecule is CCC1CSC(=Nc2ccc(Cl)c(Cl)c2)N1C(=O)CN1C(=O)C2C3C=CC(C3)C2C1=O. The molecule has 4 aliphatic rings. The van der Waals surface area contributed by atoms with Crippen LogP contribution in [0.25, 0.3) is 0 Å². The number of aliphatic imine (C=N–C) groups is 1. The van der Waals surface area contributed by atoms with Crippen LogP contribution >= 0.6 is 35.0 Å². The molecule has 2 bridgehead atoms. The average molecular weight is 478 g/mol. The molecule has 0 aromatic heterocycles. The Hall–Kier alpha value is -1.83. The van der Waals surface area contributed by atoms with Gasteiger partial charge in [-0.05, 0) is 42.9 Å². The summed E-state index contributed by atoms with van der Waals surface area (Å²) in [7, 11) is 0. The second-order valence-electron chi connectivity index (χ2n) is 8.39. The van der Waals surface area contributed by atoms with Gasteiger partial charge >= 0.3 is 0 Å². The number of carbonyl (C=O) groups excluding carboxylic acids is 3. The standard InChI is InChI=1S/C22H21Cl2N3O3S/c1-2-14-10-31-22(25-13-5-6-15(23)16(24)8-13)27(14)17(28)9-26-20(29)18-11-3-4-12(7-11)19(18)21(26)30/h3-6,8,11-12,14,18-19H,2,7,9-10H2,1H3. The Morgan fingerprint density at radius 3 is 2.42 bits per heavy atom. The van der Waals surface area contributed by atoms with E-state index in [0.717, 1.165) is 12.8 Å². The highest BCUT2D eigenvalue weighted by Gasteiger charge is 2.59. The molecule has 1 saturated carbocycles. The molecule has 2 aliphatic carbocycles. The van der Waals surface area contributed by atoms with E-state index >= 15 is 0 Å². The molecule has 1 aromatic carbocycles. The molecule has 0 spiro atoms. The number of allylic oxidation sites excluding steroid dienone is 2. The number of rotatable bonds is 4. The number of thioether (sulfide) groups is 1. The zero-order valence-electron chi connectivity index (χ0n) is 16.8. The van der Waals surface area contributed by atoms with Gasteiger partial charge in [0.05, 0.1) is 27.6 Å². The molecule has 2 heterocycles. The Labute approximate surface area is 194 Å². The highest BCUT2D eigenvalue weighted by molar-refractivity contribution is 8.14. The van der Waals surface area contributed by atoms with E-state index < -0.39 is 0 Å². The van der Waals surface area contributed by atoms with Crippen LogP contribution in [0.5, 0.6) is 0 Å². The summed E-state index contributed by atoms with van der Waals surface area (Å²) in [6.45, 7) is 1.77. The molecule has 31 heavy (non-hydrogen) atoms. The summed E-state index contributed by atoms with van der Waals surface area (Å²) in [6.07, 6.45) is 5.72. The smallest absolute Gasteiger partial charge is 0.249 e. The lowest BCUT2D eigenvalue weighted by Crippen LogP contribution is -2.47. The van der Waals surface area contributed by atoms with Gasteiger partial charge in [-0.15, -0.1) is 0 Å². The molecular weight excluding hydrogens is 457 g/mol. The first-order valence-corrected chi connectivity index (χ1v) is 12.1. The molecule has 3 fully saturated rings. The zero-order chi connectivity index (χ0) is 21.9. The largest absolute Gasteiger partial charge is 0.286 e. The number of amidine groups is 1. The Morgan fingerprint density at radius 1 is 1.13 bits per heavy atom. The molecule has 6 nitrogen and oxygen atoms in total. The molecule has 5 unspecified atom stereocenters. The van der Waals surface area contributed by atoms with E-state index in [0.29, 0.717) is 26.7 Å². The lowest BCUT2D eigenvalue weighted by molar-refractivity contribution is -0.146. The summed E-state index contributed by atoms with van der Waals surface area (Å²) >= 11 is 13.6. The van der Waals surface area contributed by atoms with Gasteiger partial charge in [-0.2, -0.15) is 0 Å². The molecule has 2 saturated heterocycles. The third kappa shape index (κ3) is 3.41. The van der Waals surface area contributed by atoms with E-state index in [2.05, 4.69) is 17.1 Å². The van der Waals surface area contributed by atoms with Crippen molar-refractivity contribution in [3.05, 3.63) is 40.4 Å². The number of imide groups is 1. The maximum atomic E-state index is 13.3. The number of fused-ring (bicyclic) bond motifs is 5. The molecule has 3 amide bonds. The molecule has 5 rings (SSSR count). The van der Waals surface area contributed by atoms with Crippen molar-refractivity contribution in [3.8, 4) is 0 Å². The van der Waals surface area contributed by atoms with E-state index in [1.807, 2.05) is 6.92 Å². The summed E-state index contributed by atoms with van der Waals surface area (Å²) in [4.78, 5) is 46.7. The van der Waals surface area contributed by atoms with Crippen LogP contribution in [0.2, 0.25) is 10.0 Å². The third-order valence-electron chi connectivity index (χ3n) is 6.70. The van der Waals surface area contributed by atoms with E-state index in [9.17, 15) is 14.4 Å². The zero-order valence-corrected chi connectivity index (χ0v) is 19.2. The fourth-order valence-electron chi connectivity index (χ4n) is 5.16.